The van der Waals surface area contributed by atoms with Crippen LogP contribution < -0.4 is 10.9 Å². The molecule has 6 nitrogen and oxygen atoms in total. The predicted octanol–water partition coefficient (Wildman–Crippen LogP) is 1.94. The number of nitrogens with zero attached hydrogens (tertiary/aromatic N) is 3. The summed E-state index contributed by atoms with van der Waals surface area (Å²) in [5.41, 5.74) is 1.25. The van der Waals surface area contributed by atoms with Gasteiger partial charge in [-0.1, -0.05) is 24.3 Å². The van der Waals surface area contributed by atoms with Crippen molar-refractivity contribution >= 4 is 11.6 Å². The van der Waals surface area contributed by atoms with E-state index in [9.17, 15) is 9.59 Å². The number of hydrogen-bond donors (Lipinski definition) is 1. The molecular weight excluding hydrogens is 292 g/mol. The third kappa shape index (κ3) is 3.68. The number of benzene rings is 1. The minimum atomic E-state index is -0.369. The summed E-state index contributed by atoms with van der Waals surface area (Å²) in [4.78, 5) is 28.3. The molecule has 1 amide bonds. The molecule has 1 N–H and O–H groups in total. The van der Waals surface area contributed by atoms with Gasteiger partial charge in [0.25, 0.3) is 11.5 Å². The zero-order valence-electron chi connectivity index (χ0n) is 12.2. The lowest BCUT2D eigenvalue weighted by Crippen LogP contribution is -2.26. The van der Waals surface area contributed by atoms with E-state index in [1.165, 1.54) is 16.8 Å². The van der Waals surface area contributed by atoms with E-state index in [2.05, 4.69) is 15.4 Å². The maximum Gasteiger partial charge on any atom is 0.276 e. The molecule has 6 heteroatoms. The molecule has 1 aromatic carbocycles. The van der Waals surface area contributed by atoms with Gasteiger partial charge in [0.1, 0.15) is 5.69 Å². The number of nitrogens with one attached hydrogen (secondary N) is 1. The normalized spacial score (nSPS) is 10.3. The first-order chi connectivity index (χ1) is 11.2. The number of hydrogen-bond acceptors (Lipinski definition) is 4. The van der Waals surface area contributed by atoms with E-state index in [1.807, 2.05) is 24.3 Å². The van der Waals surface area contributed by atoms with Crippen LogP contribution in [0.15, 0.2) is 71.7 Å². The number of para-hydroxylation sites is 1. The summed E-state index contributed by atoms with van der Waals surface area (Å²) in [5.74, 6) is -0.369. The van der Waals surface area contributed by atoms with Crippen LogP contribution in [0.2, 0.25) is 0 Å². The molecule has 0 saturated heterocycles. The smallest absolute Gasteiger partial charge is 0.276 e. The zero-order chi connectivity index (χ0) is 16.1. The van der Waals surface area contributed by atoms with Crippen LogP contribution in [0.5, 0.6) is 0 Å². The molecule has 3 aromatic rings. The van der Waals surface area contributed by atoms with Crippen molar-refractivity contribution in [2.45, 2.75) is 6.54 Å². The zero-order valence-corrected chi connectivity index (χ0v) is 12.2. The molecule has 0 saturated carbocycles. The van der Waals surface area contributed by atoms with E-state index >= 15 is 0 Å². The lowest BCUT2D eigenvalue weighted by Gasteiger charge is -2.07. The number of pyridine rings is 1. The lowest BCUT2D eigenvalue weighted by atomic mass is 10.3. The van der Waals surface area contributed by atoms with Crippen molar-refractivity contribution in [2.75, 3.05) is 5.32 Å². The highest BCUT2D eigenvalue weighted by Gasteiger charge is 2.10. The molecule has 0 fully saturated rings. The molecule has 0 radical (unpaired) electrons. The van der Waals surface area contributed by atoms with E-state index in [1.54, 1.807) is 30.5 Å². The van der Waals surface area contributed by atoms with Gasteiger partial charge in [0.2, 0.25) is 0 Å². The Hall–Kier alpha value is -3.28. The second kappa shape index (κ2) is 6.65. The molecule has 0 bridgehead atoms. The average molecular weight is 306 g/mol. The highest BCUT2D eigenvalue weighted by Crippen LogP contribution is 2.06. The Kier molecular flexibility index (Phi) is 4.24. The first kappa shape index (κ1) is 14.6. The maximum absolute atomic E-state index is 12.2. The molecule has 0 spiro atoms. The molecule has 23 heavy (non-hydrogen) atoms. The molecule has 0 aliphatic carbocycles. The minimum Gasteiger partial charge on any atom is -0.321 e. The number of anilines is 1. The second-order valence-electron chi connectivity index (χ2n) is 4.86. The third-order valence-corrected chi connectivity index (χ3v) is 3.17. The molecule has 0 aliphatic heterocycles. The van der Waals surface area contributed by atoms with Gasteiger partial charge in [-0.25, -0.2) is 4.68 Å². The van der Waals surface area contributed by atoms with Crippen LogP contribution in [0, 0.1) is 0 Å². The van der Waals surface area contributed by atoms with Crippen LogP contribution in [0.25, 0.3) is 0 Å². The second-order valence-corrected chi connectivity index (χ2v) is 4.86. The highest BCUT2D eigenvalue weighted by molar-refractivity contribution is 6.02. The molecule has 114 valence electrons. The van der Waals surface area contributed by atoms with Gasteiger partial charge < -0.3 is 5.32 Å². The van der Waals surface area contributed by atoms with Crippen LogP contribution in [0.4, 0.5) is 5.69 Å². The molecule has 0 unspecified atom stereocenters. The summed E-state index contributed by atoms with van der Waals surface area (Å²) in [6.45, 7) is 0.214. The summed E-state index contributed by atoms with van der Waals surface area (Å²) in [7, 11) is 0. The van der Waals surface area contributed by atoms with Gasteiger partial charge in [0.05, 0.1) is 12.2 Å². The highest BCUT2D eigenvalue weighted by atomic mass is 16.2. The third-order valence-electron chi connectivity index (χ3n) is 3.17. The molecule has 0 atom stereocenters. The standard InChI is InChI=1S/C17H14N4O2/c22-16-10-9-15(17(23)19-13-6-2-1-3-7-13)20-21(16)12-14-8-4-5-11-18-14/h1-11H,12H2,(H,19,23). The van der Waals surface area contributed by atoms with Gasteiger partial charge in [-0.3, -0.25) is 14.6 Å². The Bertz CT molecular complexity index is 861. The van der Waals surface area contributed by atoms with Gasteiger partial charge in [-0.2, -0.15) is 5.10 Å². The van der Waals surface area contributed by atoms with E-state index < -0.39 is 0 Å². The molecule has 2 aromatic heterocycles. The quantitative estimate of drug-likeness (QED) is 0.799. The Labute approximate surface area is 132 Å². The molecule has 0 aliphatic rings. The molecular formula is C17H14N4O2. The van der Waals surface area contributed by atoms with Crippen LogP contribution >= 0.6 is 0 Å². The van der Waals surface area contributed by atoms with E-state index in [0.29, 0.717) is 11.4 Å². The maximum atomic E-state index is 12.2. The summed E-state index contributed by atoms with van der Waals surface area (Å²) >= 11 is 0. The van der Waals surface area contributed by atoms with Gasteiger partial charge in [-0.15, -0.1) is 0 Å². The largest absolute Gasteiger partial charge is 0.321 e. The first-order valence-corrected chi connectivity index (χ1v) is 7.07. The summed E-state index contributed by atoms with van der Waals surface area (Å²) in [6, 6.07) is 17.2. The fraction of sp³-hybridized carbons (Fsp3) is 0.0588. The van der Waals surface area contributed by atoms with Crippen LogP contribution in [0.3, 0.4) is 0 Å². The molecule has 3 rings (SSSR count). The number of aromatic nitrogens is 3. The number of rotatable bonds is 4. The summed E-state index contributed by atoms with van der Waals surface area (Å²) in [5, 5.41) is 6.85. The monoisotopic (exact) mass is 306 g/mol. The summed E-state index contributed by atoms with van der Waals surface area (Å²) in [6.07, 6.45) is 1.65. The van der Waals surface area contributed by atoms with Crippen molar-refractivity contribution in [3.63, 3.8) is 0 Å². The number of carbonyl (C=O) groups is 1. The van der Waals surface area contributed by atoms with Crippen molar-refractivity contribution < 1.29 is 4.79 Å². The fourth-order valence-corrected chi connectivity index (χ4v) is 2.05. The van der Waals surface area contributed by atoms with Crippen molar-refractivity contribution in [2.24, 2.45) is 0 Å². The Balaban J connectivity index is 1.82. The molecule has 2 heterocycles. The van der Waals surface area contributed by atoms with Crippen molar-refractivity contribution in [3.8, 4) is 0 Å². The fourth-order valence-electron chi connectivity index (χ4n) is 2.05. The van der Waals surface area contributed by atoms with Crippen molar-refractivity contribution in [1.82, 2.24) is 14.8 Å². The Morgan fingerprint density at radius 1 is 1.00 bits per heavy atom. The van der Waals surface area contributed by atoms with Gasteiger partial charge in [0, 0.05) is 18.0 Å². The minimum absolute atomic E-state index is 0.171. The van der Waals surface area contributed by atoms with E-state index in [0.717, 1.165) is 0 Å². The van der Waals surface area contributed by atoms with Gasteiger partial charge in [0.15, 0.2) is 0 Å². The summed E-state index contributed by atoms with van der Waals surface area (Å²) < 4.78 is 1.22. The van der Waals surface area contributed by atoms with E-state index in [4.69, 9.17) is 0 Å². The Morgan fingerprint density at radius 3 is 2.52 bits per heavy atom. The van der Waals surface area contributed by atoms with Crippen molar-refractivity contribution in [3.05, 3.63) is 88.6 Å². The van der Waals surface area contributed by atoms with Crippen LogP contribution in [-0.4, -0.2) is 20.7 Å². The van der Waals surface area contributed by atoms with E-state index in [-0.39, 0.29) is 23.7 Å². The Morgan fingerprint density at radius 2 is 1.78 bits per heavy atom. The first-order valence-electron chi connectivity index (χ1n) is 7.07. The number of amides is 1. The van der Waals surface area contributed by atoms with Crippen molar-refractivity contribution in [1.29, 1.82) is 0 Å². The van der Waals surface area contributed by atoms with Crippen LogP contribution in [0.1, 0.15) is 16.2 Å². The average Bonchev–Trinajstić information content (AvgIpc) is 2.58. The topological polar surface area (TPSA) is 76.9 Å². The van der Waals surface area contributed by atoms with Gasteiger partial charge in [-0.05, 0) is 30.3 Å². The van der Waals surface area contributed by atoms with Crippen LogP contribution in [-0.2, 0) is 6.54 Å². The number of carbonyl (C=O) groups excluding carboxylic acids is 1. The van der Waals surface area contributed by atoms with Gasteiger partial charge >= 0.3 is 0 Å². The lowest BCUT2D eigenvalue weighted by molar-refractivity contribution is 0.102. The SMILES string of the molecule is O=C(Nc1ccccc1)c1ccc(=O)n(Cc2ccccn2)n1. The predicted molar refractivity (Wildman–Crippen MR) is 86.2 cm³/mol.